The molecule has 0 atom stereocenters. The molecular formula is C16H24S2. The van der Waals surface area contributed by atoms with Crippen molar-refractivity contribution in [1.82, 2.24) is 0 Å². The second-order valence-corrected chi connectivity index (χ2v) is 7.72. The van der Waals surface area contributed by atoms with Crippen molar-refractivity contribution in [2.24, 2.45) is 0 Å². The van der Waals surface area contributed by atoms with E-state index in [1.807, 2.05) is 22.7 Å². The lowest BCUT2D eigenvalue weighted by Crippen LogP contribution is -1.86. The van der Waals surface area contributed by atoms with Crippen LogP contribution in [0.5, 0.6) is 0 Å². The Kier molecular flexibility index (Phi) is 5.25. The van der Waals surface area contributed by atoms with Gasteiger partial charge in [0.25, 0.3) is 0 Å². The first-order valence-corrected chi connectivity index (χ1v) is 8.84. The second kappa shape index (κ2) is 6.72. The van der Waals surface area contributed by atoms with Crippen molar-refractivity contribution in [2.75, 3.05) is 0 Å². The normalized spacial score (nSPS) is 11.5. The van der Waals surface area contributed by atoms with E-state index in [0.717, 1.165) is 0 Å². The zero-order valence-corrected chi connectivity index (χ0v) is 13.5. The molecule has 0 bridgehead atoms. The Morgan fingerprint density at radius 2 is 1.67 bits per heavy atom. The van der Waals surface area contributed by atoms with Crippen LogP contribution in [0.4, 0.5) is 0 Å². The third-order valence-corrected chi connectivity index (χ3v) is 5.90. The van der Waals surface area contributed by atoms with E-state index in [9.17, 15) is 0 Å². The molecule has 2 rings (SSSR count). The maximum absolute atomic E-state index is 2.35. The van der Waals surface area contributed by atoms with Gasteiger partial charge < -0.3 is 0 Å². The van der Waals surface area contributed by atoms with Gasteiger partial charge in [-0.05, 0) is 38.3 Å². The van der Waals surface area contributed by atoms with Crippen LogP contribution in [-0.2, 0) is 6.42 Å². The van der Waals surface area contributed by atoms with Crippen molar-refractivity contribution in [3.63, 3.8) is 0 Å². The summed E-state index contributed by atoms with van der Waals surface area (Å²) in [5.41, 5.74) is 1.64. The molecule has 100 valence electrons. The minimum Gasteiger partial charge on any atom is -0.139 e. The first kappa shape index (κ1) is 14.1. The number of thiophene rings is 2. The van der Waals surface area contributed by atoms with Crippen molar-refractivity contribution in [3.05, 3.63) is 21.4 Å². The van der Waals surface area contributed by atoms with Gasteiger partial charge in [-0.1, -0.05) is 39.0 Å². The highest BCUT2D eigenvalue weighted by Gasteiger charge is 2.11. The van der Waals surface area contributed by atoms with Gasteiger partial charge in [-0.25, -0.2) is 0 Å². The first-order valence-electron chi connectivity index (χ1n) is 7.20. The lowest BCUT2D eigenvalue weighted by atomic mass is 10.1. The highest BCUT2D eigenvalue weighted by atomic mass is 32.1. The summed E-state index contributed by atoms with van der Waals surface area (Å²) in [5, 5.41) is 0. The summed E-state index contributed by atoms with van der Waals surface area (Å²) in [7, 11) is 0. The Hall–Kier alpha value is -0.340. The molecule has 2 heterocycles. The fourth-order valence-electron chi connectivity index (χ4n) is 2.54. The molecule has 2 heteroatoms. The van der Waals surface area contributed by atoms with E-state index in [1.54, 1.807) is 15.1 Å². The van der Waals surface area contributed by atoms with Crippen LogP contribution in [0.1, 0.15) is 60.8 Å². The summed E-state index contributed by atoms with van der Waals surface area (Å²) in [6.45, 7) is 6.80. The molecule has 0 aromatic carbocycles. The fraction of sp³-hybridized carbons (Fsp3) is 0.625. The number of rotatable bonds is 7. The number of fused-ring (bicyclic) bond motifs is 1. The van der Waals surface area contributed by atoms with Crippen LogP contribution < -0.4 is 0 Å². The van der Waals surface area contributed by atoms with E-state index >= 15 is 0 Å². The van der Waals surface area contributed by atoms with Crippen LogP contribution in [0, 0.1) is 13.8 Å². The highest BCUT2D eigenvalue weighted by Crippen LogP contribution is 2.37. The molecule has 0 radical (unpaired) electrons. The van der Waals surface area contributed by atoms with Crippen LogP contribution in [0.3, 0.4) is 0 Å². The predicted molar refractivity (Wildman–Crippen MR) is 86.3 cm³/mol. The van der Waals surface area contributed by atoms with E-state index in [4.69, 9.17) is 0 Å². The molecule has 2 aromatic heterocycles. The van der Waals surface area contributed by atoms with Crippen molar-refractivity contribution < 1.29 is 0 Å². The molecule has 0 saturated carbocycles. The molecular weight excluding hydrogens is 256 g/mol. The van der Waals surface area contributed by atoms with Gasteiger partial charge in [0.2, 0.25) is 0 Å². The molecule has 2 aromatic rings. The largest absolute Gasteiger partial charge is 0.139 e. The van der Waals surface area contributed by atoms with Gasteiger partial charge in [0.15, 0.2) is 0 Å². The minimum atomic E-state index is 1.29. The van der Waals surface area contributed by atoms with Crippen LogP contribution in [-0.4, -0.2) is 0 Å². The van der Waals surface area contributed by atoms with E-state index < -0.39 is 0 Å². The number of aryl methyl sites for hydroxylation is 3. The molecule has 0 saturated heterocycles. The summed E-state index contributed by atoms with van der Waals surface area (Å²) in [4.78, 5) is 3.00. The fourth-order valence-corrected chi connectivity index (χ4v) is 5.07. The zero-order chi connectivity index (χ0) is 13.0. The average Bonchev–Trinajstić information content (AvgIpc) is 2.80. The zero-order valence-electron chi connectivity index (χ0n) is 11.8. The molecule has 0 amide bonds. The Bertz CT molecular complexity index is 490. The first-order chi connectivity index (χ1) is 8.72. The van der Waals surface area contributed by atoms with E-state index in [0.29, 0.717) is 0 Å². The predicted octanol–water partition coefficient (Wildman–Crippen LogP) is 6.48. The van der Waals surface area contributed by atoms with Crippen molar-refractivity contribution in [3.8, 4) is 0 Å². The van der Waals surface area contributed by atoms with Crippen LogP contribution in [0.2, 0.25) is 0 Å². The summed E-state index contributed by atoms with van der Waals surface area (Å²) < 4.78 is 3.08. The topological polar surface area (TPSA) is 0 Å². The Balaban J connectivity index is 1.88. The quantitative estimate of drug-likeness (QED) is 0.509. The van der Waals surface area contributed by atoms with Gasteiger partial charge in [0, 0.05) is 19.2 Å². The molecule has 0 fully saturated rings. The second-order valence-electron chi connectivity index (χ2n) is 5.20. The van der Waals surface area contributed by atoms with Crippen LogP contribution >= 0.6 is 22.7 Å². The average molecular weight is 281 g/mol. The molecule has 0 aliphatic rings. The molecule has 18 heavy (non-hydrogen) atoms. The molecule has 0 aliphatic heterocycles. The van der Waals surface area contributed by atoms with Gasteiger partial charge in [0.1, 0.15) is 0 Å². The summed E-state index contributed by atoms with van der Waals surface area (Å²) in [5.74, 6) is 0. The van der Waals surface area contributed by atoms with Crippen molar-refractivity contribution >= 4 is 32.1 Å². The third-order valence-electron chi connectivity index (χ3n) is 3.56. The molecule has 0 N–H and O–H groups in total. The van der Waals surface area contributed by atoms with E-state index in [1.165, 1.54) is 54.5 Å². The maximum Gasteiger partial charge on any atom is 0.0488 e. The maximum atomic E-state index is 2.35. The number of unbranched alkanes of at least 4 members (excludes halogenated alkanes) is 5. The highest BCUT2D eigenvalue weighted by molar-refractivity contribution is 7.28. The molecule has 0 aliphatic carbocycles. The summed E-state index contributed by atoms with van der Waals surface area (Å²) in [6, 6.07) is 2.35. The monoisotopic (exact) mass is 280 g/mol. The Morgan fingerprint density at radius 1 is 0.944 bits per heavy atom. The summed E-state index contributed by atoms with van der Waals surface area (Å²) >= 11 is 3.96. The standard InChI is InChI=1S/C16H24S2/c1-4-5-6-7-8-9-10-14-13(3)18-15-11-12(2)17-16(14)15/h11H,4-10H2,1-3H3. The molecule has 0 spiro atoms. The van der Waals surface area contributed by atoms with Crippen LogP contribution in [0.25, 0.3) is 9.40 Å². The summed E-state index contributed by atoms with van der Waals surface area (Å²) in [6.07, 6.45) is 9.66. The Labute approximate surface area is 119 Å². The Morgan fingerprint density at radius 3 is 2.44 bits per heavy atom. The van der Waals surface area contributed by atoms with Gasteiger partial charge in [-0.15, -0.1) is 22.7 Å². The van der Waals surface area contributed by atoms with E-state index in [2.05, 4.69) is 26.8 Å². The van der Waals surface area contributed by atoms with Crippen molar-refractivity contribution in [1.29, 1.82) is 0 Å². The molecule has 0 unspecified atom stereocenters. The minimum absolute atomic E-state index is 1.29. The van der Waals surface area contributed by atoms with Gasteiger partial charge in [0.05, 0.1) is 0 Å². The lowest BCUT2D eigenvalue weighted by Gasteiger charge is -2.01. The van der Waals surface area contributed by atoms with Crippen molar-refractivity contribution in [2.45, 2.75) is 65.7 Å². The smallest absolute Gasteiger partial charge is 0.0488 e. The van der Waals surface area contributed by atoms with E-state index in [-0.39, 0.29) is 0 Å². The van der Waals surface area contributed by atoms with Crippen LogP contribution in [0.15, 0.2) is 6.07 Å². The van der Waals surface area contributed by atoms with Gasteiger partial charge >= 0.3 is 0 Å². The third kappa shape index (κ3) is 3.36. The number of hydrogen-bond donors (Lipinski definition) is 0. The SMILES string of the molecule is CCCCCCCCc1c(C)sc2cc(C)sc12. The van der Waals surface area contributed by atoms with Gasteiger partial charge in [-0.3, -0.25) is 0 Å². The number of hydrogen-bond acceptors (Lipinski definition) is 2. The van der Waals surface area contributed by atoms with Gasteiger partial charge in [-0.2, -0.15) is 0 Å². The lowest BCUT2D eigenvalue weighted by molar-refractivity contribution is 0.608. The molecule has 0 nitrogen and oxygen atoms in total.